The van der Waals surface area contributed by atoms with Gasteiger partial charge in [-0.25, -0.2) is 0 Å². The number of amides is 1. The summed E-state index contributed by atoms with van der Waals surface area (Å²) >= 11 is 0. The fourth-order valence-electron chi connectivity index (χ4n) is 4.85. The molecular formula is C13H20N2O. The van der Waals surface area contributed by atoms with Crippen LogP contribution in [0.3, 0.4) is 0 Å². The van der Waals surface area contributed by atoms with Crippen LogP contribution in [0.5, 0.6) is 0 Å². The van der Waals surface area contributed by atoms with Gasteiger partial charge in [-0.2, -0.15) is 0 Å². The first kappa shape index (κ1) is 9.46. The zero-order valence-corrected chi connectivity index (χ0v) is 9.64. The highest BCUT2D eigenvalue weighted by atomic mass is 16.2. The van der Waals surface area contributed by atoms with Gasteiger partial charge >= 0.3 is 0 Å². The molecule has 3 nitrogen and oxygen atoms in total. The molecule has 1 amide bonds. The minimum Gasteiger partial charge on any atom is -0.341 e. The third kappa shape index (κ3) is 1.10. The summed E-state index contributed by atoms with van der Waals surface area (Å²) in [6.07, 6.45) is 5.23. The van der Waals surface area contributed by atoms with E-state index in [1.807, 2.05) is 4.90 Å². The number of nitrogens with zero attached hydrogens (tertiary/aromatic N) is 1. The van der Waals surface area contributed by atoms with Gasteiger partial charge in [0.05, 0.1) is 0 Å². The molecule has 88 valence electrons. The Bertz CT molecular complexity index is 327. The summed E-state index contributed by atoms with van der Waals surface area (Å²) < 4.78 is 0. The van der Waals surface area contributed by atoms with Crippen LogP contribution >= 0.6 is 0 Å². The van der Waals surface area contributed by atoms with Crippen LogP contribution in [-0.2, 0) is 4.79 Å². The van der Waals surface area contributed by atoms with Crippen molar-refractivity contribution in [2.45, 2.75) is 31.7 Å². The topological polar surface area (TPSA) is 46.3 Å². The van der Waals surface area contributed by atoms with Gasteiger partial charge in [-0.3, -0.25) is 4.79 Å². The number of carbonyl (C=O) groups is 1. The number of likely N-dealkylation sites (tertiary alicyclic amines) is 1. The molecule has 4 aliphatic rings. The molecule has 0 radical (unpaired) electrons. The first-order valence-corrected chi connectivity index (χ1v) is 6.80. The molecule has 0 aromatic heterocycles. The molecule has 3 aliphatic carbocycles. The molecule has 2 bridgehead atoms. The predicted molar refractivity (Wildman–Crippen MR) is 60.5 cm³/mol. The molecule has 1 heterocycles. The van der Waals surface area contributed by atoms with Crippen LogP contribution in [0, 0.1) is 29.6 Å². The maximum absolute atomic E-state index is 12.4. The average Bonchev–Trinajstić information content (AvgIpc) is 2.68. The molecule has 3 saturated carbocycles. The lowest BCUT2D eigenvalue weighted by Gasteiger charge is -2.18. The van der Waals surface area contributed by atoms with Crippen molar-refractivity contribution >= 4 is 5.91 Å². The van der Waals surface area contributed by atoms with Gasteiger partial charge in [0.15, 0.2) is 0 Å². The lowest BCUT2D eigenvalue weighted by atomic mass is 10.0. The van der Waals surface area contributed by atoms with Crippen molar-refractivity contribution in [3.63, 3.8) is 0 Å². The van der Waals surface area contributed by atoms with Crippen LogP contribution in [0.4, 0.5) is 0 Å². The Morgan fingerprint density at radius 2 is 1.81 bits per heavy atom. The largest absolute Gasteiger partial charge is 0.341 e. The number of fused-ring (bicyclic) bond motifs is 5. The quantitative estimate of drug-likeness (QED) is 0.711. The molecule has 0 aromatic rings. The lowest BCUT2D eigenvalue weighted by molar-refractivity contribution is -0.132. The highest BCUT2D eigenvalue weighted by Crippen LogP contribution is 2.69. The van der Waals surface area contributed by atoms with Crippen molar-refractivity contribution in [3.05, 3.63) is 0 Å². The normalized spacial score (nSPS) is 53.2. The molecule has 1 saturated heterocycles. The van der Waals surface area contributed by atoms with E-state index in [1.165, 1.54) is 19.3 Å². The van der Waals surface area contributed by atoms with Crippen molar-refractivity contribution in [1.29, 1.82) is 0 Å². The zero-order chi connectivity index (χ0) is 10.9. The molecule has 2 N–H and O–H groups in total. The minimum absolute atomic E-state index is 0.235. The van der Waals surface area contributed by atoms with E-state index >= 15 is 0 Å². The van der Waals surface area contributed by atoms with E-state index in [1.54, 1.807) is 0 Å². The highest BCUT2D eigenvalue weighted by Gasteiger charge is 2.68. The van der Waals surface area contributed by atoms with Gasteiger partial charge in [0, 0.05) is 25.0 Å². The molecule has 4 fully saturated rings. The van der Waals surface area contributed by atoms with Crippen LogP contribution in [-0.4, -0.2) is 29.9 Å². The second kappa shape index (κ2) is 3.00. The monoisotopic (exact) mass is 220 g/mol. The van der Waals surface area contributed by atoms with Gasteiger partial charge < -0.3 is 10.6 Å². The Morgan fingerprint density at radius 1 is 1.12 bits per heavy atom. The Labute approximate surface area is 96.4 Å². The van der Waals surface area contributed by atoms with Crippen molar-refractivity contribution < 1.29 is 4.79 Å². The summed E-state index contributed by atoms with van der Waals surface area (Å²) in [5, 5.41) is 0. The Hall–Kier alpha value is -0.570. The van der Waals surface area contributed by atoms with E-state index in [9.17, 15) is 4.79 Å². The van der Waals surface area contributed by atoms with Gasteiger partial charge in [-0.05, 0) is 49.4 Å². The van der Waals surface area contributed by atoms with E-state index in [4.69, 9.17) is 5.73 Å². The van der Waals surface area contributed by atoms with Crippen molar-refractivity contribution in [3.8, 4) is 0 Å². The standard InChI is InChI=1S/C13H20N2O/c14-9-3-4-15(6-9)13(16)12-10-7-1-2-8(5-7)11(10)12/h7-12H,1-6,14H2/t7?,8?,9-,10?,11?,12?/m0/s1. The molecule has 16 heavy (non-hydrogen) atoms. The zero-order valence-electron chi connectivity index (χ0n) is 9.64. The van der Waals surface area contributed by atoms with E-state index < -0.39 is 0 Å². The van der Waals surface area contributed by atoms with Crippen LogP contribution in [0.15, 0.2) is 0 Å². The van der Waals surface area contributed by atoms with Crippen molar-refractivity contribution in [1.82, 2.24) is 4.90 Å². The summed E-state index contributed by atoms with van der Waals surface area (Å²) in [4.78, 5) is 14.4. The minimum atomic E-state index is 0.235. The van der Waals surface area contributed by atoms with Gasteiger partial charge in [0.1, 0.15) is 0 Å². The fourth-order valence-corrected chi connectivity index (χ4v) is 4.85. The Morgan fingerprint density at radius 3 is 2.38 bits per heavy atom. The average molecular weight is 220 g/mol. The lowest BCUT2D eigenvalue weighted by Crippen LogP contribution is -2.34. The predicted octanol–water partition coefficient (Wildman–Crippen LogP) is 0.838. The maximum Gasteiger partial charge on any atom is 0.226 e. The number of hydrogen-bond acceptors (Lipinski definition) is 2. The smallest absolute Gasteiger partial charge is 0.226 e. The number of rotatable bonds is 1. The fraction of sp³-hybridized carbons (Fsp3) is 0.923. The first-order valence-electron chi connectivity index (χ1n) is 6.80. The van der Waals surface area contributed by atoms with E-state index in [-0.39, 0.29) is 6.04 Å². The summed E-state index contributed by atoms with van der Waals surface area (Å²) in [7, 11) is 0. The van der Waals surface area contributed by atoms with Gasteiger partial charge in [0.2, 0.25) is 5.91 Å². The maximum atomic E-state index is 12.4. The molecule has 4 rings (SSSR count). The Kier molecular flexibility index (Phi) is 1.78. The van der Waals surface area contributed by atoms with Crippen molar-refractivity contribution in [2.75, 3.05) is 13.1 Å². The molecule has 5 atom stereocenters. The summed E-state index contributed by atoms with van der Waals surface area (Å²) in [5.41, 5.74) is 5.87. The number of nitrogens with two attached hydrogens (primary N) is 1. The van der Waals surface area contributed by atoms with Gasteiger partial charge in [-0.1, -0.05) is 0 Å². The van der Waals surface area contributed by atoms with E-state index in [0.717, 1.165) is 43.2 Å². The third-order valence-corrected chi connectivity index (χ3v) is 5.56. The number of hydrogen-bond donors (Lipinski definition) is 1. The molecule has 3 heteroatoms. The van der Waals surface area contributed by atoms with Crippen LogP contribution in [0.1, 0.15) is 25.7 Å². The second-order valence-electron chi connectivity index (χ2n) is 6.35. The van der Waals surface area contributed by atoms with E-state index in [0.29, 0.717) is 11.8 Å². The first-order chi connectivity index (χ1) is 7.75. The van der Waals surface area contributed by atoms with Crippen LogP contribution in [0.25, 0.3) is 0 Å². The molecule has 0 spiro atoms. The SMILES string of the molecule is N[C@H]1CCN(C(=O)C2C3C4CCC(C4)C23)C1. The van der Waals surface area contributed by atoms with Crippen LogP contribution < -0.4 is 5.73 Å². The van der Waals surface area contributed by atoms with Gasteiger partial charge in [-0.15, -0.1) is 0 Å². The highest BCUT2D eigenvalue weighted by molar-refractivity contribution is 5.83. The van der Waals surface area contributed by atoms with Gasteiger partial charge in [0.25, 0.3) is 0 Å². The molecule has 0 aromatic carbocycles. The summed E-state index contributed by atoms with van der Waals surface area (Å²) in [6, 6.07) is 0.235. The van der Waals surface area contributed by atoms with Crippen LogP contribution in [0.2, 0.25) is 0 Å². The summed E-state index contributed by atoms with van der Waals surface area (Å²) in [6.45, 7) is 1.72. The van der Waals surface area contributed by atoms with Crippen molar-refractivity contribution in [2.24, 2.45) is 35.3 Å². The molecule has 4 unspecified atom stereocenters. The number of carbonyl (C=O) groups excluding carboxylic acids is 1. The molecule has 1 aliphatic heterocycles. The Balaban J connectivity index is 1.47. The summed E-state index contributed by atoms with van der Waals surface area (Å²) in [5.74, 6) is 4.22. The van der Waals surface area contributed by atoms with E-state index in [2.05, 4.69) is 0 Å². The molecular weight excluding hydrogens is 200 g/mol. The second-order valence-corrected chi connectivity index (χ2v) is 6.35. The third-order valence-electron chi connectivity index (χ3n) is 5.56.